The first-order chi connectivity index (χ1) is 8.83. The van der Waals surface area contributed by atoms with E-state index in [1.54, 1.807) is 0 Å². The van der Waals surface area contributed by atoms with Crippen molar-refractivity contribution in [1.82, 2.24) is 4.90 Å². The highest BCUT2D eigenvalue weighted by atomic mass is 15.2. The fraction of sp³-hybridized carbons (Fsp3) is 0.625. The van der Waals surface area contributed by atoms with E-state index in [1.807, 2.05) is 0 Å². The van der Waals surface area contributed by atoms with Crippen LogP contribution < -0.4 is 5.32 Å². The quantitative estimate of drug-likeness (QED) is 0.857. The molecular formula is C16H24N2. The summed E-state index contributed by atoms with van der Waals surface area (Å²) in [7, 11) is 0. The van der Waals surface area contributed by atoms with Crippen molar-refractivity contribution in [2.45, 2.75) is 51.6 Å². The SMILES string of the molecule is CC1CCCCN1Cc1ccc2c(c1)CCCN2. The van der Waals surface area contributed by atoms with Crippen molar-refractivity contribution >= 4 is 5.69 Å². The Hall–Kier alpha value is -1.02. The van der Waals surface area contributed by atoms with Crippen LogP contribution in [-0.2, 0) is 13.0 Å². The Labute approximate surface area is 110 Å². The molecule has 1 saturated heterocycles. The van der Waals surface area contributed by atoms with Crippen LogP contribution in [0.4, 0.5) is 5.69 Å². The van der Waals surface area contributed by atoms with E-state index in [1.165, 1.54) is 55.5 Å². The Morgan fingerprint density at radius 1 is 1.28 bits per heavy atom. The van der Waals surface area contributed by atoms with E-state index >= 15 is 0 Å². The first-order valence-electron chi connectivity index (χ1n) is 7.42. The molecule has 1 aromatic rings. The standard InChI is InChI=1S/C16H24N2/c1-13-5-2-3-10-18(13)12-14-7-8-16-15(11-14)6-4-9-17-16/h7-8,11,13,17H,2-6,9-10,12H2,1H3. The Bertz CT molecular complexity index is 414. The van der Waals surface area contributed by atoms with Gasteiger partial charge in [0.1, 0.15) is 0 Å². The molecule has 0 bridgehead atoms. The van der Waals surface area contributed by atoms with Crippen LogP contribution in [0.1, 0.15) is 43.7 Å². The van der Waals surface area contributed by atoms with Gasteiger partial charge in [-0.05, 0) is 56.3 Å². The molecule has 1 atom stereocenters. The number of aryl methyl sites for hydroxylation is 1. The van der Waals surface area contributed by atoms with Gasteiger partial charge in [-0.25, -0.2) is 0 Å². The zero-order valence-corrected chi connectivity index (χ0v) is 11.4. The van der Waals surface area contributed by atoms with Gasteiger partial charge in [-0.2, -0.15) is 0 Å². The maximum atomic E-state index is 3.49. The van der Waals surface area contributed by atoms with Crippen LogP contribution in [0.2, 0.25) is 0 Å². The van der Waals surface area contributed by atoms with Gasteiger partial charge in [0.25, 0.3) is 0 Å². The van der Waals surface area contributed by atoms with Crippen molar-refractivity contribution in [2.24, 2.45) is 0 Å². The lowest BCUT2D eigenvalue weighted by molar-refractivity contribution is 0.152. The number of fused-ring (bicyclic) bond motifs is 1. The second-order valence-electron chi connectivity index (χ2n) is 5.84. The molecule has 0 aliphatic carbocycles. The summed E-state index contributed by atoms with van der Waals surface area (Å²) in [5, 5.41) is 3.49. The predicted molar refractivity (Wildman–Crippen MR) is 77.0 cm³/mol. The molecule has 2 nitrogen and oxygen atoms in total. The number of anilines is 1. The molecule has 0 spiro atoms. The highest BCUT2D eigenvalue weighted by Crippen LogP contribution is 2.25. The van der Waals surface area contributed by atoms with Crippen molar-refractivity contribution in [2.75, 3.05) is 18.4 Å². The van der Waals surface area contributed by atoms with Crippen molar-refractivity contribution in [3.8, 4) is 0 Å². The fourth-order valence-electron chi connectivity index (χ4n) is 3.25. The number of nitrogens with one attached hydrogen (secondary N) is 1. The minimum Gasteiger partial charge on any atom is -0.385 e. The summed E-state index contributed by atoms with van der Waals surface area (Å²) in [6.07, 6.45) is 6.66. The lowest BCUT2D eigenvalue weighted by Gasteiger charge is -2.33. The molecule has 1 unspecified atom stereocenters. The van der Waals surface area contributed by atoms with Crippen LogP contribution in [0.5, 0.6) is 0 Å². The van der Waals surface area contributed by atoms with Gasteiger partial charge in [-0.1, -0.05) is 18.6 Å². The third-order valence-corrected chi connectivity index (χ3v) is 4.43. The van der Waals surface area contributed by atoms with E-state index in [2.05, 4.69) is 35.3 Å². The van der Waals surface area contributed by atoms with E-state index in [0.717, 1.165) is 19.1 Å². The monoisotopic (exact) mass is 244 g/mol. The van der Waals surface area contributed by atoms with Gasteiger partial charge in [0.15, 0.2) is 0 Å². The summed E-state index contributed by atoms with van der Waals surface area (Å²) >= 11 is 0. The third-order valence-electron chi connectivity index (χ3n) is 4.43. The maximum Gasteiger partial charge on any atom is 0.0372 e. The van der Waals surface area contributed by atoms with Crippen LogP contribution in [0.3, 0.4) is 0 Å². The van der Waals surface area contributed by atoms with Gasteiger partial charge < -0.3 is 5.32 Å². The molecule has 0 amide bonds. The van der Waals surface area contributed by atoms with Crippen LogP contribution in [0, 0.1) is 0 Å². The summed E-state index contributed by atoms with van der Waals surface area (Å²) in [6.45, 7) is 5.92. The molecule has 0 radical (unpaired) electrons. The van der Waals surface area contributed by atoms with E-state index in [9.17, 15) is 0 Å². The lowest BCUT2D eigenvalue weighted by Crippen LogP contribution is -2.36. The van der Waals surface area contributed by atoms with Crippen molar-refractivity contribution < 1.29 is 0 Å². The molecule has 0 aromatic heterocycles. The molecule has 18 heavy (non-hydrogen) atoms. The second kappa shape index (κ2) is 5.31. The summed E-state index contributed by atoms with van der Waals surface area (Å²) in [5.74, 6) is 0. The zero-order valence-electron chi connectivity index (χ0n) is 11.4. The number of piperidine rings is 1. The molecule has 2 aliphatic rings. The average molecular weight is 244 g/mol. The minimum atomic E-state index is 0.757. The van der Waals surface area contributed by atoms with Gasteiger partial charge in [0.05, 0.1) is 0 Å². The highest BCUT2D eigenvalue weighted by molar-refractivity contribution is 5.54. The number of hydrogen-bond acceptors (Lipinski definition) is 2. The Morgan fingerprint density at radius 3 is 3.11 bits per heavy atom. The Balaban J connectivity index is 1.72. The average Bonchev–Trinajstić information content (AvgIpc) is 2.41. The summed E-state index contributed by atoms with van der Waals surface area (Å²) in [5.41, 5.74) is 4.37. The summed E-state index contributed by atoms with van der Waals surface area (Å²) in [4.78, 5) is 2.64. The van der Waals surface area contributed by atoms with E-state index in [-0.39, 0.29) is 0 Å². The molecule has 3 rings (SSSR count). The van der Waals surface area contributed by atoms with Gasteiger partial charge in [-0.15, -0.1) is 0 Å². The van der Waals surface area contributed by atoms with E-state index < -0.39 is 0 Å². The number of nitrogens with zero attached hydrogens (tertiary/aromatic N) is 1. The second-order valence-corrected chi connectivity index (χ2v) is 5.84. The summed E-state index contributed by atoms with van der Waals surface area (Å²) in [6, 6.07) is 7.76. The maximum absolute atomic E-state index is 3.49. The van der Waals surface area contributed by atoms with Gasteiger partial charge in [-0.3, -0.25) is 4.90 Å². The normalized spacial score (nSPS) is 24.4. The Morgan fingerprint density at radius 2 is 2.22 bits per heavy atom. The first kappa shape index (κ1) is 12.0. The smallest absolute Gasteiger partial charge is 0.0372 e. The number of rotatable bonds is 2. The van der Waals surface area contributed by atoms with Crippen molar-refractivity contribution in [1.29, 1.82) is 0 Å². The van der Waals surface area contributed by atoms with Gasteiger partial charge in [0, 0.05) is 24.8 Å². The molecule has 1 N–H and O–H groups in total. The Kier molecular flexibility index (Phi) is 3.55. The number of likely N-dealkylation sites (tertiary alicyclic amines) is 1. The molecule has 2 heterocycles. The van der Waals surface area contributed by atoms with Crippen LogP contribution in [0.15, 0.2) is 18.2 Å². The molecule has 1 fully saturated rings. The molecule has 0 saturated carbocycles. The fourth-order valence-corrected chi connectivity index (χ4v) is 3.25. The number of benzene rings is 1. The number of hydrogen-bond donors (Lipinski definition) is 1. The van der Waals surface area contributed by atoms with Gasteiger partial charge in [0.2, 0.25) is 0 Å². The molecular weight excluding hydrogens is 220 g/mol. The predicted octanol–water partition coefficient (Wildman–Crippen LogP) is 3.42. The largest absolute Gasteiger partial charge is 0.385 e. The third kappa shape index (κ3) is 2.54. The summed E-state index contributed by atoms with van der Waals surface area (Å²) < 4.78 is 0. The van der Waals surface area contributed by atoms with E-state index in [4.69, 9.17) is 0 Å². The molecule has 98 valence electrons. The highest BCUT2D eigenvalue weighted by Gasteiger charge is 2.18. The van der Waals surface area contributed by atoms with Gasteiger partial charge >= 0.3 is 0 Å². The lowest BCUT2D eigenvalue weighted by atomic mass is 9.99. The van der Waals surface area contributed by atoms with Crippen molar-refractivity contribution in [3.05, 3.63) is 29.3 Å². The van der Waals surface area contributed by atoms with Crippen LogP contribution in [-0.4, -0.2) is 24.0 Å². The zero-order chi connectivity index (χ0) is 12.4. The van der Waals surface area contributed by atoms with Crippen molar-refractivity contribution in [3.63, 3.8) is 0 Å². The molecule has 1 aromatic carbocycles. The van der Waals surface area contributed by atoms with E-state index in [0.29, 0.717) is 0 Å². The molecule has 2 aliphatic heterocycles. The first-order valence-corrected chi connectivity index (χ1v) is 7.42. The molecule has 2 heteroatoms. The topological polar surface area (TPSA) is 15.3 Å². The van der Waals surface area contributed by atoms with Crippen LogP contribution >= 0.6 is 0 Å². The minimum absolute atomic E-state index is 0.757. The van der Waals surface area contributed by atoms with Crippen LogP contribution in [0.25, 0.3) is 0 Å².